The van der Waals surface area contributed by atoms with Gasteiger partial charge in [-0.25, -0.2) is 0 Å². The van der Waals surface area contributed by atoms with Crippen LogP contribution in [0.5, 0.6) is 11.5 Å². The number of hydrogen-bond acceptors (Lipinski definition) is 2. The summed E-state index contributed by atoms with van der Waals surface area (Å²) in [4.78, 5) is 3.92. The molecular formula is C17H13BrF3NO. The maximum atomic E-state index is 12.8. The van der Waals surface area contributed by atoms with E-state index in [1.54, 1.807) is 24.3 Å². The Morgan fingerprint density at radius 3 is 2.57 bits per heavy atom. The topological polar surface area (TPSA) is 21.6 Å². The van der Waals surface area contributed by atoms with Crippen molar-refractivity contribution >= 4 is 34.4 Å². The number of ether oxygens (including phenoxy) is 1. The van der Waals surface area contributed by atoms with E-state index in [2.05, 4.69) is 27.6 Å². The number of alkyl halides is 3. The number of hydrogen-bond donors (Lipinski definition) is 0. The maximum absolute atomic E-state index is 12.8. The summed E-state index contributed by atoms with van der Waals surface area (Å²) >= 11 is 3.33. The van der Waals surface area contributed by atoms with Crippen LogP contribution in [0.25, 0.3) is 6.08 Å². The first-order valence-electron chi connectivity index (χ1n) is 6.63. The molecule has 0 bridgehead atoms. The molecule has 0 unspecified atom stereocenters. The quantitative estimate of drug-likeness (QED) is 0.543. The van der Waals surface area contributed by atoms with Crippen LogP contribution in [0, 0.1) is 0 Å². The van der Waals surface area contributed by atoms with Crippen LogP contribution in [0.3, 0.4) is 0 Å². The van der Waals surface area contributed by atoms with Gasteiger partial charge in [0.25, 0.3) is 0 Å². The average Bonchev–Trinajstić information content (AvgIpc) is 2.49. The number of halogens is 4. The molecule has 0 N–H and O–H groups in total. The van der Waals surface area contributed by atoms with Crippen molar-refractivity contribution in [2.24, 2.45) is 4.99 Å². The highest BCUT2D eigenvalue weighted by Gasteiger charge is 2.30. The fourth-order valence-corrected chi connectivity index (χ4v) is 2.42. The predicted molar refractivity (Wildman–Crippen MR) is 89.6 cm³/mol. The third kappa shape index (κ3) is 4.22. The highest BCUT2D eigenvalue weighted by atomic mass is 79.9. The minimum Gasteiger partial charge on any atom is -0.457 e. The summed E-state index contributed by atoms with van der Waals surface area (Å²) in [6.45, 7) is 5.32. The van der Waals surface area contributed by atoms with Crippen LogP contribution in [0.4, 0.5) is 18.9 Å². The van der Waals surface area contributed by atoms with Gasteiger partial charge >= 0.3 is 6.18 Å². The van der Waals surface area contributed by atoms with Crippen LogP contribution < -0.4 is 4.74 Å². The fraction of sp³-hybridized carbons (Fsp3) is 0.118. The van der Waals surface area contributed by atoms with E-state index in [1.165, 1.54) is 12.1 Å². The van der Waals surface area contributed by atoms with Gasteiger partial charge in [0, 0.05) is 10.0 Å². The van der Waals surface area contributed by atoms with Crippen LogP contribution in [0.15, 0.2) is 51.9 Å². The third-order valence-corrected chi connectivity index (χ3v) is 3.44. The van der Waals surface area contributed by atoms with E-state index in [0.29, 0.717) is 21.5 Å². The molecule has 0 saturated heterocycles. The van der Waals surface area contributed by atoms with E-state index in [1.807, 2.05) is 6.92 Å². The Labute approximate surface area is 140 Å². The van der Waals surface area contributed by atoms with E-state index >= 15 is 0 Å². The Balaban J connectivity index is 2.48. The molecule has 0 atom stereocenters. The van der Waals surface area contributed by atoms with E-state index in [4.69, 9.17) is 4.74 Å². The van der Waals surface area contributed by atoms with E-state index in [-0.39, 0.29) is 5.75 Å². The molecule has 2 rings (SSSR count). The van der Waals surface area contributed by atoms with Crippen molar-refractivity contribution in [2.75, 3.05) is 0 Å². The molecule has 0 spiro atoms. The highest BCUT2D eigenvalue weighted by molar-refractivity contribution is 9.10. The van der Waals surface area contributed by atoms with Crippen molar-refractivity contribution in [3.05, 3.63) is 58.1 Å². The molecule has 0 aliphatic heterocycles. The molecule has 0 aliphatic carbocycles. The van der Waals surface area contributed by atoms with Gasteiger partial charge in [0.05, 0.1) is 11.3 Å². The summed E-state index contributed by atoms with van der Waals surface area (Å²) in [6, 6.07) is 8.15. The Morgan fingerprint density at radius 1 is 1.22 bits per heavy atom. The minimum atomic E-state index is -4.42. The second-order valence-corrected chi connectivity index (χ2v) is 5.54. The van der Waals surface area contributed by atoms with Gasteiger partial charge in [-0.3, -0.25) is 4.99 Å². The molecule has 2 aromatic carbocycles. The molecule has 0 heterocycles. The molecule has 0 aliphatic rings. The van der Waals surface area contributed by atoms with Gasteiger partial charge in [0.2, 0.25) is 0 Å². The fourth-order valence-electron chi connectivity index (χ4n) is 1.99. The van der Waals surface area contributed by atoms with Gasteiger partial charge < -0.3 is 4.74 Å². The number of rotatable bonds is 4. The predicted octanol–water partition coefficient (Wildman–Crippen LogP) is 6.63. The number of aliphatic imine (C=N–C) groups is 1. The molecule has 120 valence electrons. The molecule has 0 saturated carbocycles. The van der Waals surface area contributed by atoms with Gasteiger partial charge in [-0.05, 0) is 44.0 Å². The Kier molecular flexibility index (Phi) is 5.26. The molecule has 23 heavy (non-hydrogen) atoms. The zero-order valence-corrected chi connectivity index (χ0v) is 13.8. The lowest BCUT2D eigenvalue weighted by atomic mass is 10.1. The Morgan fingerprint density at radius 2 is 1.96 bits per heavy atom. The summed E-state index contributed by atoms with van der Waals surface area (Å²) in [5.41, 5.74) is 0.446. The van der Waals surface area contributed by atoms with Crippen molar-refractivity contribution in [3.8, 4) is 11.5 Å². The first kappa shape index (κ1) is 17.3. The zero-order valence-electron chi connectivity index (χ0n) is 12.2. The molecule has 0 radical (unpaired) electrons. The van der Waals surface area contributed by atoms with E-state index in [0.717, 1.165) is 12.1 Å². The van der Waals surface area contributed by atoms with Gasteiger partial charge in [-0.1, -0.05) is 34.1 Å². The van der Waals surface area contributed by atoms with Crippen molar-refractivity contribution < 1.29 is 17.9 Å². The molecular weight excluding hydrogens is 371 g/mol. The molecule has 0 amide bonds. The first-order valence-corrected chi connectivity index (χ1v) is 7.42. The lowest BCUT2D eigenvalue weighted by molar-refractivity contribution is -0.137. The number of allylic oxidation sites excluding steroid dienone is 1. The van der Waals surface area contributed by atoms with Gasteiger partial charge in [-0.15, -0.1) is 0 Å². The molecule has 2 nitrogen and oxygen atoms in total. The second-order valence-electron chi connectivity index (χ2n) is 4.62. The Bertz CT molecular complexity index is 754. The summed E-state index contributed by atoms with van der Waals surface area (Å²) in [5.74, 6) is 0.484. The SMILES string of the molecule is C=Nc1cc(Br)cc(Oc2cccc(C(F)(F)F)c2)c1/C=C\C. The first-order chi connectivity index (χ1) is 10.8. The molecule has 0 fully saturated rings. The smallest absolute Gasteiger partial charge is 0.416 e. The average molecular weight is 384 g/mol. The lowest BCUT2D eigenvalue weighted by Crippen LogP contribution is -2.04. The monoisotopic (exact) mass is 383 g/mol. The zero-order chi connectivity index (χ0) is 17.0. The summed E-state index contributed by atoms with van der Waals surface area (Å²) in [6.07, 6.45) is -0.868. The third-order valence-electron chi connectivity index (χ3n) is 2.98. The minimum absolute atomic E-state index is 0.0960. The lowest BCUT2D eigenvalue weighted by Gasteiger charge is -2.13. The molecule has 0 aromatic heterocycles. The van der Waals surface area contributed by atoms with Crippen molar-refractivity contribution in [3.63, 3.8) is 0 Å². The Hall–Kier alpha value is -2.08. The second kappa shape index (κ2) is 7.00. The molecule has 6 heteroatoms. The van der Waals surface area contributed by atoms with Crippen LogP contribution in [-0.4, -0.2) is 6.72 Å². The summed E-state index contributed by atoms with van der Waals surface area (Å²) < 4.78 is 44.7. The van der Waals surface area contributed by atoms with Gasteiger partial charge in [0.1, 0.15) is 11.5 Å². The summed E-state index contributed by atoms with van der Waals surface area (Å²) in [7, 11) is 0. The van der Waals surface area contributed by atoms with Gasteiger partial charge in [0.15, 0.2) is 0 Å². The van der Waals surface area contributed by atoms with Crippen LogP contribution in [-0.2, 0) is 6.18 Å². The van der Waals surface area contributed by atoms with Crippen LogP contribution in [0.1, 0.15) is 18.1 Å². The standard InChI is InChI=1S/C17H13BrF3NO/c1-3-5-14-15(22-2)9-12(18)10-16(14)23-13-7-4-6-11(8-13)17(19,20)21/h3-10H,2H2,1H3/b5-3-. The van der Waals surface area contributed by atoms with Crippen LogP contribution in [0.2, 0.25) is 0 Å². The van der Waals surface area contributed by atoms with Crippen molar-refractivity contribution in [1.82, 2.24) is 0 Å². The summed E-state index contributed by atoms with van der Waals surface area (Å²) in [5, 5.41) is 0. The van der Waals surface area contributed by atoms with E-state index in [9.17, 15) is 13.2 Å². The van der Waals surface area contributed by atoms with Crippen LogP contribution >= 0.6 is 15.9 Å². The molecule has 2 aromatic rings. The van der Waals surface area contributed by atoms with Crippen molar-refractivity contribution in [2.45, 2.75) is 13.1 Å². The number of benzene rings is 2. The van der Waals surface area contributed by atoms with E-state index < -0.39 is 11.7 Å². The van der Waals surface area contributed by atoms with Gasteiger partial charge in [-0.2, -0.15) is 13.2 Å². The number of nitrogens with zero attached hydrogens (tertiary/aromatic N) is 1. The maximum Gasteiger partial charge on any atom is 0.416 e. The van der Waals surface area contributed by atoms with Crippen molar-refractivity contribution in [1.29, 1.82) is 0 Å². The normalized spacial score (nSPS) is 11.7. The largest absolute Gasteiger partial charge is 0.457 e. The highest BCUT2D eigenvalue weighted by Crippen LogP contribution is 2.38.